The number of nitrogens with one attached hydrogen (secondary N) is 1. The second-order valence-electron chi connectivity index (χ2n) is 7.60. The van der Waals surface area contributed by atoms with Crippen molar-refractivity contribution in [3.8, 4) is 22.6 Å². The maximum atomic E-state index is 12.7. The summed E-state index contributed by atoms with van der Waals surface area (Å²) in [5.41, 5.74) is 2.53. The first-order valence-electron chi connectivity index (χ1n) is 10.8. The Morgan fingerprint density at radius 3 is 2.77 bits per heavy atom. The van der Waals surface area contributed by atoms with Gasteiger partial charge < -0.3 is 9.88 Å². The quantitative estimate of drug-likeness (QED) is 0.197. The Labute approximate surface area is 224 Å². The topological polar surface area (TPSA) is 72.7 Å². The zero-order chi connectivity index (χ0) is 24.4. The molecular formula is C24H19Cl2N5OS3. The van der Waals surface area contributed by atoms with Crippen LogP contribution in [0.3, 0.4) is 0 Å². The standard InChI is InChI=1S/C24H19Cl2N5OS3/c1-2-9-31-22(17-11-33-20-6-4-3-5-15(17)20)29-30-24(31)35-13-21(32)28-23-27-19(12-34-23)16-8-7-14(25)10-18(16)26/h3-8,10-12H,2,9,13H2,1H3,(H,27,28,32). The Morgan fingerprint density at radius 1 is 1.09 bits per heavy atom. The highest BCUT2D eigenvalue weighted by atomic mass is 35.5. The first kappa shape index (κ1) is 24.3. The zero-order valence-electron chi connectivity index (χ0n) is 18.5. The summed E-state index contributed by atoms with van der Waals surface area (Å²) in [6, 6.07) is 13.5. The van der Waals surface area contributed by atoms with Gasteiger partial charge in [-0.15, -0.1) is 32.9 Å². The van der Waals surface area contributed by atoms with Gasteiger partial charge in [0.15, 0.2) is 16.1 Å². The monoisotopic (exact) mass is 559 g/mol. The molecular weight excluding hydrogens is 541 g/mol. The van der Waals surface area contributed by atoms with Gasteiger partial charge in [-0.25, -0.2) is 4.98 Å². The molecule has 6 nitrogen and oxygen atoms in total. The predicted molar refractivity (Wildman–Crippen MR) is 148 cm³/mol. The van der Waals surface area contributed by atoms with Crippen molar-refractivity contribution in [1.82, 2.24) is 19.7 Å². The van der Waals surface area contributed by atoms with Crippen LogP contribution in [0.4, 0.5) is 5.13 Å². The summed E-state index contributed by atoms with van der Waals surface area (Å²) in [5, 5.41) is 19.2. The van der Waals surface area contributed by atoms with Crippen LogP contribution in [0, 0.1) is 0 Å². The molecule has 11 heteroatoms. The highest BCUT2D eigenvalue weighted by Gasteiger charge is 2.18. The second-order valence-corrected chi connectivity index (χ2v) is 11.2. The molecule has 1 N–H and O–H groups in total. The number of amides is 1. The van der Waals surface area contributed by atoms with E-state index in [0.29, 0.717) is 20.9 Å². The Morgan fingerprint density at radius 2 is 1.94 bits per heavy atom. The second kappa shape index (κ2) is 10.7. The number of rotatable bonds is 8. The normalized spacial score (nSPS) is 11.3. The number of halogens is 2. The summed E-state index contributed by atoms with van der Waals surface area (Å²) in [6.07, 6.45) is 0.933. The zero-order valence-corrected chi connectivity index (χ0v) is 22.5. The van der Waals surface area contributed by atoms with Crippen LogP contribution in [-0.4, -0.2) is 31.4 Å². The molecule has 0 atom stereocenters. The van der Waals surface area contributed by atoms with Crippen LogP contribution in [0.25, 0.3) is 32.7 Å². The summed E-state index contributed by atoms with van der Waals surface area (Å²) in [5.74, 6) is 0.867. The Bertz CT molecular complexity index is 1510. The van der Waals surface area contributed by atoms with Crippen LogP contribution >= 0.6 is 57.6 Å². The summed E-state index contributed by atoms with van der Waals surface area (Å²) >= 11 is 16.7. The molecule has 0 spiro atoms. The van der Waals surface area contributed by atoms with Gasteiger partial charge in [0.2, 0.25) is 5.91 Å². The van der Waals surface area contributed by atoms with Gasteiger partial charge in [0, 0.05) is 43.5 Å². The van der Waals surface area contributed by atoms with E-state index in [1.165, 1.54) is 27.8 Å². The summed E-state index contributed by atoms with van der Waals surface area (Å²) in [7, 11) is 0. The van der Waals surface area contributed by atoms with Gasteiger partial charge in [-0.05, 0) is 30.7 Å². The minimum absolute atomic E-state index is 0.160. The minimum atomic E-state index is -0.160. The lowest BCUT2D eigenvalue weighted by Gasteiger charge is -2.08. The fourth-order valence-corrected chi connectivity index (χ4v) is 6.54. The first-order chi connectivity index (χ1) is 17.0. The highest BCUT2D eigenvalue weighted by molar-refractivity contribution is 7.99. The van der Waals surface area contributed by atoms with Crippen LogP contribution in [0.1, 0.15) is 13.3 Å². The SMILES string of the molecule is CCCn1c(SCC(=O)Nc2nc(-c3ccc(Cl)cc3Cl)cs2)nnc1-c1csc2ccccc12. The fraction of sp³-hybridized carbons (Fsp3) is 0.167. The third kappa shape index (κ3) is 5.24. The molecule has 0 bridgehead atoms. The number of thiophene rings is 1. The van der Waals surface area contributed by atoms with Crippen molar-refractivity contribution in [2.24, 2.45) is 0 Å². The number of anilines is 1. The van der Waals surface area contributed by atoms with Gasteiger partial charge in [0.1, 0.15) is 0 Å². The lowest BCUT2D eigenvalue weighted by atomic mass is 10.1. The van der Waals surface area contributed by atoms with Gasteiger partial charge in [-0.1, -0.05) is 60.1 Å². The van der Waals surface area contributed by atoms with Crippen LogP contribution < -0.4 is 5.32 Å². The predicted octanol–water partition coefficient (Wildman–Crippen LogP) is 7.73. The van der Waals surface area contributed by atoms with Crippen molar-refractivity contribution >= 4 is 78.8 Å². The Balaban J connectivity index is 1.28. The molecule has 0 aliphatic rings. The van der Waals surface area contributed by atoms with Crippen molar-refractivity contribution in [2.75, 3.05) is 11.1 Å². The van der Waals surface area contributed by atoms with Crippen LogP contribution in [0.2, 0.25) is 10.0 Å². The molecule has 3 aromatic heterocycles. The molecule has 178 valence electrons. The highest BCUT2D eigenvalue weighted by Crippen LogP contribution is 2.35. The molecule has 0 saturated heterocycles. The van der Waals surface area contributed by atoms with Crippen molar-refractivity contribution in [2.45, 2.75) is 25.0 Å². The van der Waals surface area contributed by atoms with E-state index in [1.807, 2.05) is 23.6 Å². The van der Waals surface area contributed by atoms with E-state index >= 15 is 0 Å². The molecule has 0 aliphatic heterocycles. The minimum Gasteiger partial charge on any atom is -0.302 e. The summed E-state index contributed by atoms with van der Waals surface area (Å²) < 4.78 is 3.31. The molecule has 35 heavy (non-hydrogen) atoms. The van der Waals surface area contributed by atoms with E-state index < -0.39 is 0 Å². The Kier molecular flexibility index (Phi) is 7.40. The fourth-order valence-electron chi connectivity index (χ4n) is 3.61. The molecule has 0 fully saturated rings. The third-order valence-electron chi connectivity index (χ3n) is 5.18. The number of carbonyl (C=O) groups is 1. The smallest absolute Gasteiger partial charge is 0.236 e. The number of hydrogen-bond donors (Lipinski definition) is 1. The molecule has 1 amide bonds. The largest absolute Gasteiger partial charge is 0.302 e. The number of benzene rings is 2. The number of fused-ring (bicyclic) bond motifs is 1. The van der Waals surface area contributed by atoms with Gasteiger partial charge in [0.05, 0.1) is 16.5 Å². The van der Waals surface area contributed by atoms with Crippen molar-refractivity contribution in [1.29, 1.82) is 0 Å². The van der Waals surface area contributed by atoms with Crippen LogP contribution in [-0.2, 0) is 11.3 Å². The number of hydrogen-bond acceptors (Lipinski definition) is 7. The molecule has 0 radical (unpaired) electrons. The van der Waals surface area contributed by atoms with E-state index in [1.54, 1.807) is 23.5 Å². The number of carbonyl (C=O) groups excluding carboxylic acids is 1. The third-order valence-corrected chi connectivity index (χ3v) is 8.41. The molecule has 5 rings (SSSR count). The molecule has 0 saturated carbocycles. The Hall–Kier alpha value is -2.43. The maximum Gasteiger partial charge on any atom is 0.236 e. The van der Waals surface area contributed by atoms with Crippen molar-refractivity contribution in [3.05, 3.63) is 63.3 Å². The van der Waals surface area contributed by atoms with E-state index in [0.717, 1.165) is 40.5 Å². The van der Waals surface area contributed by atoms with Crippen LogP contribution in [0.15, 0.2) is 58.4 Å². The lowest BCUT2D eigenvalue weighted by molar-refractivity contribution is -0.113. The van der Waals surface area contributed by atoms with E-state index in [9.17, 15) is 4.79 Å². The summed E-state index contributed by atoms with van der Waals surface area (Å²) in [6.45, 7) is 2.89. The molecule has 2 aromatic carbocycles. The number of thiazole rings is 1. The van der Waals surface area contributed by atoms with Gasteiger partial charge in [-0.2, -0.15) is 0 Å². The lowest BCUT2D eigenvalue weighted by Crippen LogP contribution is -2.14. The molecule has 0 aliphatic carbocycles. The van der Waals surface area contributed by atoms with E-state index in [2.05, 4.69) is 49.5 Å². The average Bonchev–Trinajstić information content (AvgIpc) is 3.57. The molecule has 0 unspecified atom stereocenters. The van der Waals surface area contributed by atoms with E-state index in [4.69, 9.17) is 23.2 Å². The van der Waals surface area contributed by atoms with Crippen molar-refractivity contribution in [3.63, 3.8) is 0 Å². The number of thioether (sulfide) groups is 1. The number of aromatic nitrogens is 4. The maximum absolute atomic E-state index is 12.7. The van der Waals surface area contributed by atoms with E-state index in [-0.39, 0.29) is 11.7 Å². The first-order valence-corrected chi connectivity index (χ1v) is 14.3. The van der Waals surface area contributed by atoms with Crippen molar-refractivity contribution < 1.29 is 4.79 Å². The van der Waals surface area contributed by atoms with Crippen LogP contribution in [0.5, 0.6) is 0 Å². The molecule has 5 aromatic rings. The summed E-state index contributed by atoms with van der Waals surface area (Å²) in [4.78, 5) is 17.2. The van der Waals surface area contributed by atoms with Gasteiger partial charge in [-0.3, -0.25) is 4.79 Å². The van der Waals surface area contributed by atoms with Gasteiger partial charge in [0.25, 0.3) is 0 Å². The molecule has 3 heterocycles. The van der Waals surface area contributed by atoms with Gasteiger partial charge >= 0.3 is 0 Å². The number of nitrogens with zero attached hydrogens (tertiary/aromatic N) is 4. The average molecular weight is 561 g/mol.